The predicted molar refractivity (Wildman–Crippen MR) is 74.3 cm³/mol. The maximum absolute atomic E-state index is 12.4. The molecule has 1 heterocycles. The van der Waals surface area contributed by atoms with Crippen LogP contribution in [0.2, 0.25) is 0 Å². The molecule has 0 radical (unpaired) electrons. The highest BCUT2D eigenvalue weighted by Crippen LogP contribution is 2.39. The van der Waals surface area contributed by atoms with Crippen LogP contribution in [0.3, 0.4) is 0 Å². The van der Waals surface area contributed by atoms with E-state index in [-0.39, 0.29) is 5.91 Å². The highest BCUT2D eigenvalue weighted by atomic mass is 32.1. The van der Waals surface area contributed by atoms with Crippen molar-refractivity contribution in [3.8, 4) is 0 Å². The molecule has 1 saturated carbocycles. The van der Waals surface area contributed by atoms with Crippen molar-refractivity contribution >= 4 is 28.9 Å². The van der Waals surface area contributed by atoms with Gasteiger partial charge in [0.05, 0.1) is 16.1 Å². The van der Waals surface area contributed by atoms with E-state index in [9.17, 15) is 4.79 Å². The molecule has 3 N–H and O–H groups in total. The Balaban J connectivity index is 2.21. The lowest BCUT2D eigenvalue weighted by molar-refractivity contribution is -0.122. The van der Waals surface area contributed by atoms with Crippen molar-refractivity contribution in [2.75, 3.05) is 5.32 Å². The minimum Gasteiger partial charge on any atom is -0.392 e. The normalized spacial score (nSPS) is 17.7. The first kappa shape index (κ1) is 13.0. The van der Waals surface area contributed by atoms with Crippen LogP contribution in [0.1, 0.15) is 31.4 Å². The topological polar surface area (TPSA) is 72.9 Å². The summed E-state index contributed by atoms with van der Waals surface area (Å²) in [5, 5.41) is 7.09. The molecule has 2 rings (SSSR count). The van der Waals surface area contributed by atoms with Gasteiger partial charge in [-0.25, -0.2) is 0 Å². The van der Waals surface area contributed by atoms with Gasteiger partial charge in [-0.05, 0) is 19.8 Å². The van der Waals surface area contributed by atoms with Crippen LogP contribution >= 0.6 is 12.2 Å². The second-order valence-electron chi connectivity index (χ2n) is 4.90. The van der Waals surface area contributed by atoms with Crippen molar-refractivity contribution in [3.63, 3.8) is 0 Å². The molecule has 1 fully saturated rings. The van der Waals surface area contributed by atoms with Gasteiger partial charge in [0.15, 0.2) is 0 Å². The monoisotopic (exact) mass is 266 g/mol. The summed E-state index contributed by atoms with van der Waals surface area (Å²) in [6, 6.07) is 1.83. The van der Waals surface area contributed by atoms with Gasteiger partial charge in [0.1, 0.15) is 5.82 Å². The number of rotatable bonds is 3. The van der Waals surface area contributed by atoms with Crippen LogP contribution in [-0.4, -0.2) is 20.7 Å². The van der Waals surface area contributed by atoms with Crippen LogP contribution in [0.15, 0.2) is 6.07 Å². The van der Waals surface area contributed by atoms with Gasteiger partial charge in [0.25, 0.3) is 0 Å². The van der Waals surface area contributed by atoms with E-state index in [1.807, 2.05) is 13.0 Å². The zero-order chi connectivity index (χ0) is 13.3. The van der Waals surface area contributed by atoms with Crippen LogP contribution in [0.4, 0.5) is 5.82 Å². The van der Waals surface area contributed by atoms with Gasteiger partial charge < -0.3 is 11.1 Å². The molecule has 1 aromatic rings. The number of nitrogens with zero attached hydrogens (tertiary/aromatic N) is 2. The highest BCUT2D eigenvalue weighted by molar-refractivity contribution is 7.80. The molecule has 0 atom stereocenters. The van der Waals surface area contributed by atoms with E-state index in [0.29, 0.717) is 10.8 Å². The van der Waals surface area contributed by atoms with Gasteiger partial charge in [0, 0.05) is 13.1 Å². The van der Waals surface area contributed by atoms with E-state index in [1.165, 1.54) is 0 Å². The number of anilines is 1. The molecular formula is C12H18N4OS. The number of nitrogens with two attached hydrogens (primary N) is 1. The maximum atomic E-state index is 12.4. The van der Waals surface area contributed by atoms with E-state index < -0.39 is 5.41 Å². The van der Waals surface area contributed by atoms with Crippen LogP contribution < -0.4 is 11.1 Å². The third-order valence-electron chi connectivity index (χ3n) is 3.61. The highest BCUT2D eigenvalue weighted by Gasteiger charge is 2.44. The number of amides is 1. The summed E-state index contributed by atoms with van der Waals surface area (Å²) in [4.78, 5) is 12.7. The summed E-state index contributed by atoms with van der Waals surface area (Å²) in [7, 11) is 1.80. The van der Waals surface area contributed by atoms with Crippen LogP contribution in [-0.2, 0) is 11.8 Å². The molecule has 6 heteroatoms. The van der Waals surface area contributed by atoms with Gasteiger partial charge in [-0.15, -0.1) is 0 Å². The first-order chi connectivity index (χ1) is 8.45. The Kier molecular flexibility index (Phi) is 3.38. The molecule has 0 aliphatic heterocycles. The second-order valence-corrected chi connectivity index (χ2v) is 5.34. The first-order valence-electron chi connectivity index (χ1n) is 6.08. The SMILES string of the molecule is Cc1cc(NC(=O)C2(C(N)=S)CCCC2)n(C)n1. The first-order valence-corrected chi connectivity index (χ1v) is 6.48. The Morgan fingerprint density at radius 2 is 2.17 bits per heavy atom. The lowest BCUT2D eigenvalue weighted by Gasteiger charge is -2.26. The molecule has 0 saturated heterocycles. The van der Waals surface area contributed by atoms with Gasteiger partial charge >= 0.3 is 0 Å². The summed E-state index contributed by atoms with van der Waals surface area (Å²) >= 11 is 5.09. The molecule has 0 bridgehead atoms. The van der Waals surface area contributed by atoms with Crippen molar-refractivity contribution in [2.45, 2.75) is 32.6 Å². The lowest BCUT2D eigenvalue weighted by Crippen LogP contribution is -2.44. The molecule has 1 amide bonds. The molecule has 1 aromatic heterocycles. The largest absolute Gasteiger partial charge is 0.392 e. The van der Waals surface area contributed by atoms with E-state index >= 15 is 0 Å². The third-order valence-corrected chi connectivity index (χ3v) is 4.00. The Morgan fingerprint density at radius 1 is 1.56 bits per heavy atom. The smallest absolute Gasteiger partial charge is 0.238 e. The van der Waals surface area contributed by atoms with Gasteiger partial charge in [-0.1, -0.05) is 25.1 Å². The van der Waals surface area contributed by atoms with E-state index in [2.05, 4.69) is 10.4 Å². The van der Waals surface area contributed by atoms with Crippen LogP contribution in [0.25, 0.3) is 0 Å². The molecule has 98 valence electrons. The molecule has 0 unspecified atom stereocenters. The lowest BCUT2D eigenvalue weighted by atomic mass is 9.85. The maximum Gasteiger partial charge on any atom is 0.238 e. The Hall–Kier alpha value is -1.43. The molecule has 0 spiro atoms. The fourth-order valence-electron chi connectivity index (χ4n) is 2.53. The standard InChI is InChI=1S/C12H18N4OS/c1-8-7-9(16(2)15-8)14-11(17)12(10(13)18)5-3-4-6-12/h7H,3-6H2,1-2H3,(H2,13,18)(H,14,17). The number of aromatic nitrogens is 2. The average molecular weight is 266 g/mol. The summed E-state index contributed by atoms with van der Waals surface area (Å²) in [5.41, 5.74) is 5.97. The number of thiocarbonyl (C=S) groups is 1. The fraction of sp³-hybridized carbons (Fsp3) is 0.583. The van der Waals surface area contributed by atoms with E-state index in [1.54, 1.807) is 11.7 Å². The molecular weight excluding hydrogens is 248 g/mol. The Labute approximate surface area is 112 Å². The van der Waals surface area contributed by atoms with Crippen molar-refractivity contribution in [3.05, 3.63) is 11.8 Å². The van der Waals surface area contributed by atoms with Crippen LogP contribution in [0.5, 0.6) is 0 Å². The minimum atomic E-state index is -0.673. The third kappa shape index (κ3) is 2.12. The number of nitrogens with one attached hydrogen (secondary N) is 1. The quantitative estimate of drug-likeness (QED) is 0.813. The molecule has 0 aromatic carbocycles. The number of hydrogen-bond acceptors (Lipinski definition) is 3. The average Bonchev–Trinajstić information content (AvgIpc) is 2.87. The van der Waals surface area contributed by atoms with Gasteiger partial charge in [-0.2, -0.15) is 5.10 Å². The predicted octanol–water partition coefficient (Wildman–Crippen LogP) is 1.51. The summed E-state index contributed by atoms with van der Waals surface area (Å²) in [5.74, 6) is 0.579. The molecule has 1 aliphatic carbocycles. The molecule has 5 nitrogen and oxygen atoms in total. The molecule has 18 heavy (non-hydrogen) atoms. The zero-order valence-electron chi connectivity index (χ0n) is 10.7. The summed E-state index contributed by atoms with van der Waals surface area (Å²) in [6.45, 7) is 1.88. The summed E-state index contributed by atoms with van der Waals surface area (Å²) < 4.78 is 1.65. The Bertz CT molecular complexity index is 488. The second kappa shape index (κ2) is 4.68. The van der Waals surface area contributed by atoms with Crippen molar-refractivity contribution in [2.24, 2.45) is 18.2 Å². The summed E-state index contributed by atoms with van der Waals surface area (Å²) in [6.07, 6.45) is 3.47. The number of hydrogen-bond donors (Lipinski definition) is 2. The Morgan fingerprint density at radius 3 is 2.61 bits per heavy atom. The number of carbonyl (C=O) groups excluding carboxylic acids is 1. The van der Waals surface area contributed by atoms with Crippen molar-refractivity contribution in [1.82, 2.24) is 9.78 Å². The number of aryl methyl sites for hydroxylation is 2. The number of carbonyl (C=O) groups is 1. The van der Waals surface area contributed by atoms with Crippen molar-refractivity contribution in [1.29, 1.82) is 0 Å². The minimum absolute atomic E-state index is 0.101. The zero-order valence-corrected chi connectivity index (χ0v) is 11.5. The van der Waals surface area contributed by atoms with Gasteiger partial charge in [0.2, 0.25) is 5.91 Å². The molecule has 1 aliphatic rings. The fourth-order valence-corrected chi connectivity index (χ4v) is 2.82. The van der Waals surface area contributed by atoms with Gasteiger partial charge in [-0.3, -0.25) is 9.48 Å². The van der Waals surface area contributed by atoms with Crippen molar-refractivity contribution < 1.29 is 4.79 Å². The van der Waals surface area contributed by atoms with E-state index in [0.717, 1.165) is 31.4 Å². The van der Waals surface area contributed by atoms with E-state index in [4.69, 9.17) is 18.0 Å². The van der Waals surface area contributed by atoms with Crippen LogP contribution in [0, 0.1) is 12.3 Å².